The Hall–Kier alpha value is -2.76. The number of nitrogens with zero attached hydrogens (tertiary/aromatic N) is 4. The van der Waals surface area contributed by atoms with Crippen LogP contribution >= 0.6 is 0 Å². The SMILES string of the molecule is CC(C)CC(=O)N1CC[C@@H](Cc2ncccc2-c2cnc3[nH]ccc3n2)C1. The molecule has 27 heavy (non-hydrogen) atoms. The van der Waals surface area contributed by atoms with Gasteiger partial charge in [0.2, 0.25) is 5.91 Å². The number of rotatable bonds is 5. The Bertz CT molecular complexity index is 948. The van der Waals surface area contributed by atoms with E-state index in [2.05, 4.69) is 34.9 Å². The number of H-pyrrole nitrogens is 1. The highest BCUT2D eigenvalue weighted by Gasteiger charge is 2.27. The van der Waals surface area contributed by atoms with Crippen molar-refractivity contribution >= 4 is 17.1 Å². The van der Waals surface area contributed by atoms with Gasteiger partial charge in [0, 0.05) is 37.5 Å². The van der Waals surface area contributed by atoms with E-state index in [0.29, 0.717) is 18.3 Å². The lowest BCUT2D eigenvalue weighted by Gasteiger charge is -2.18. The average molecular weight is 363 g/mol. The number of fused-ring (bicyclic) bond motifs is 1. The van der Waals surface area contributed by atoms with Crippen LogP contribution in [0.2, 0.25) is 0 Å². The zero-order valence-electron chi connectivity index (χ0n) is 15.9. The van der Waals surface area contributed by atoms with E-state index in [1.54, 1.807) is 6.20 Å². The number of aromatic nitrogens is 4. The van der Waals surface area contributed by atoms with Crippen LogP contribution in [0.1, 0.15) is 32.4 Å². The van der Waals surface area contributed by atoms with Gasteiger partial charge < -0.3 is 9.88 Å². The fourth-order valence-corrected chi connectivity index (χ4v) is 3.77. The minimum absolute atomic E-state index is 0.275. The molecule has 0 radical (unpaired) electrons. The number of hydrogen-bond acceptors (Lipinski definition) is 4. The summed E-state index contributed by atoms with van der Waals surface area (Å²) in [6.45, 7) is 5.86. The van der Waals surface area contributed by atoms with Gasteiger partial charge in [-0.05, 0) is 42.9 Å². The molecule has 0 aromatic carbocycles. The maximum atomic E-state index is 12.3. The van der Waals surface area contributed by atoms with Crippen molar-refractivity contribution in [2.45, 2.75) is 33.1 Å². The number of likely N-dealkylation sites (tertiary alicyclic amines) is 1. The second-order valence-electron chi connectivity index (χ2n) is 7.76. The number of hydrogen-bond donors (Lipinski definition) is 1. The summed E-state index contributed by atoms with van der Waals surface area (Å²) in [6, 6.07) is 5.92. The molecule has 1 aliphatic rings. The van der Waals surface area contributed by atoms with Crippen LogP contribution in [0.15, 0.2) is 36.8 Å². The molecule has 3 aromatic rings. The second kappa shape index (κ2) is 7.47. The molecule has 1 fully saturated rings. The smallest absolute Gasteiger partial charge is 0.222 e. The fourth-order valence-electron chi connectivity index (χ4n) is 3.77. The van der Waals surface area contributed by atoms with Gasteiger partial charge in [-0.2, -0.15) is 0 Å². The summed E-state index contributed by atoms with van der Waals surface area (Å²) in [5.74, 6) is 1.12. The summed E-state index contributed by atoms with van der Waals surface area (Å²) >= 11 is 0. The number of aromatic amines is 1. The van der Waals surface area contributed by atoms with Crippen LogP contribution < -0.4 is 0 Å². The van der Waals surface area contributed by atoms with Gasteiger partial charge in [-0.1, -0.05) is 13.8 Å². The monoisotopic (exact) mass is 363 g/mol. The quantitative estimate of drug-likeness (QED) is 0.753. The Labute approximate surface area is 159 Å². The molecule has 0 aliphatic carbocycles. The van der Waals surface area contributed by atoms with Crippen LogP contribution in [-0.2, 0) is 11.2 Å². The van der Waals surface area contributed by atoms with Crippen LogP contribution in [0.25, 0.3) is 22.4 Å². The van der Waals surface area contributed by atoms with Crippen molar-refractivity contribution in [1.29, 1.82) is 0 Å². The van der Waals surface area contributed by atoms with Gasteiger partial charge in [-0.25, -0.2) is 9.97 Å². The van der Waals surface area contributed by atoms with Crippen molar-refractivity contribution in [2.75, 3.05) is 13.1 Å². The highest BCUT2D eigenvalue weighted by atomic mass is 16.2. The van der Waals surface area contributed by atoms with Crippen molar-refractivity contribution in [3.05, 3.63) is 42.5 Å². The van der Waals surface area contributed by atoms with Gasteiger partial charge in [-0.15, -0.1) is 0 Å². The maximum absolute atomic E-state index is 12.3. The van der Waals surface area contributed by atoms with Crippen molar-refractivity contribution in [2.24, 2.45) is 11.8 Å². The van der Waals surface area contributed by atoms with Gasteiger partial charge in [0.1, 0.15) is 5.52 Å². The number of amides is 1. The lowest BCUT2D eigenvalue weighted by atomic mass is 9.98. The summed E-state index contributed by atoms with van der Waals surface area (Å²) in [6.07, 6.45) is 7.99. The molecule has 140 valence electrons. The molecular weight excluding hydrogens is 338 g/mol. The molecule has 0 bridgehead atoms. The third-order valence-electron chi connectivity index (χ3n) is 5.13. The zero-order chi connectivity index (χ0) is 18.8. The Balaban J connectivity index is 1.51. The van der Waals surface area contributed by atoms with E-state index in [0.717, 1.165) is 54.0 Å². The number of nitrogens with one attached hydrogen (secondary N) is 1. The average Bonchev–Trinajstić information content (AvgIpc) is 3.30. The molecule has 1 aliphatic heterocycles. The zero-order valence-corrected chi connectivity index (χ0v) is 15.9. The first-order valence-corrected chi connectivity index (χ1v) is 9.62. The minimum Gasteiger partial charge on any atom is -0.345 e. The third-order valence-corrected chi connectivity index (χ3v) is 5.13. The highest BCUT2D eigenvalue weighted by Crippen LogP contribution is 2.27. The number of carbonyl (C=O) groups excluding carboxylic acids is 1. The maximum Gasteiger partial charge on any atom is 0.222 e. The summed E-state index contributed by atoms with van der Waals surface area (Å²) in [7, 11) is 0. The van der Waals surface area contributed by atoms with Gasteiger partial charge in [0.25, 0.3) is 0 Å². The minimum atomic E-state index is 0.275. The van der Waals surface area contributed by atoms with Crippen LogP contribution in [0.3, 0.4) is 0 Å². The van der Waals surface area contributed by atoms with Crippen LogP contribution in [0, 0.1) is 11.8 Å². The fraction of sp³-hybridized carbons (Fsp3) is 0.429. The van der Waals surface area contributed by atoms with Crippen LogP contribution in [0.4, 0.5) is 0 Å². The summed E-state index contributed by atoms with van der Waals surface area (Å²) in [5.41, 5.74) is 4.55. The summed E-state index contributed by atoms with van der Waals surface area (Å²) < 4.78 is 0. The first-order chi connectivity index (χ1) is 13.1. The Morgan fingerprint density at radius 1 is 1.33 bits per heavy atom. The Morgan fingerprint density at radius 2 is 2.22 bits per heavy atom. The topological polar surface area (TPSA) is 74.8 Å². The molecule has 0 saturated carbocycles. The molecule has 1 N–H and O–H groups in total. The molecule has 3 aromatic heterocycles. The Morgan fingerprint density at radius 3 is 3.07 bits per heavy atom. The predicted molar refractivity (Wildman–Crippen MR) is 105 cm³/mol. The van der Waals surface area contributed by atoms with Crippen molar-refractivity contribution in [3.8, 4) is 11.3 Å². The molecule has 1 amide bonds. The molecule has 6 heteroatoms. The second-order valence-corrected chi connectivity index (χ2v) is 7.76. The molecule has 4 heterocycles. The molecule has 1 saturated heterocycles. The van der Waals surface area contributed by atoms with E-state index >= 15 is 0 Å². The van der Waals surface area contributed by atoms with Crippen LogP contribution in [-0.4, -0.2) is 43.8 Å². The molecule has 1 atom stereocenters. The molecule has 4 rings (SSSR count). The summed E-state index contributed by atoms with van der Waals surface area (Å²) in [4.78, 5) is 31.2. The first-order valence-electron chi connectivity index (χ1n) is 9.62. The predicted octanol–water partition coefficient (Wildman–Crippen LogP) is 3.46. The van der Waals surface area contributed by atoms with Gasteiger partial charge in [-0.3, -0.25) is 9.78 Å². The normalized spacial score (nSPS) is 17.1. The standard InChI is InChI=1S/C21H25N5O/c1-14(2)10-20(27)26-9-6-15(13-26)11-18-16(4-3-7-22-18)19-12-24-21-17(25-19)5-8-23-21/h3-5,7-8,12,14-15H,6,9-11,13H2,1-2H3,(H,23,24)/t15-/m0/s1. The van der Waals surface area contributed by atoms with Gasteiger partial charge in [0.05, 0.1) is 17.6 Å². The largest absolute Gasteiger partial charge is 0.345 e. The van der Waals surface area contributed by atoms with Crippen molar-refractivity contribution in [3.63, 3.8) is 0 Å². The Kier molecular flexibility index (Phi) is 4.88. The molecule has 6 nitrogen and oxygen atoms in total. The number of carbonyl (C=O) groups is 1. The van der Waals surface area contributed by atoms with Gasteiger partial charge in [0.15, 0.2) is 5.65 Å². The van der Waals surface area contributed by atoms with E-state index in [-0.39, 0.29) is 5.91 Å². The van der Waals surface area contributed by atoms with Gasteiger partial charge >= 0.3 is 0 Å². The third kappa shape index (κ3) is 3.84. The first kappa shape index (κ1) is 17.6. The lowest BCUT2D eigenvalue weighted by Crippen LogP contribution is -2.29. The van der Waals surface area contributed by atoms with E-state index in [1.807, 2.05) is 29.4 Å². The molecular formula is C21H25N5O. The molecule has 0 unspecified atom stereocenters. The van der Waals surface area contributed by atoms with Crippen LogP contribution in [0.5, 0.6) is 0 Å². The van der Waals surface area contributed by atoms with E-state index < -0.39 is 0 Å². The van der Waals surface area contributed by atoms with Crippen molar-refractivity contribution < 1.29 is 4.79 Å². The van der Waals surface area contributed by atoms with E-state index in [1.165, 1.54) is 0 Å². The summed E-state index contributed by atoms with van der Waals surface area (Å²) in [5, 5.41) is 0. The highest BCUT2D eigenvalue weighted by molar-refractivity contribution is 5.77. The lowest BCUT2D eigenvalue weighted by molar-refractivity contribution is -0.131. The van der Waals surface area contributed by atoms with E-state index in [9.17, 15) is 4.79 Å². The number of pyridine rings is 1. The van der Waals surface area contributed by atoms with Crippen molar-refractivity contribution in [1.82, 2.24) is 24.8 Å². The molecule has 0 spiro atoms. The van der Waals surface area contributed by atoms with E-state index in [4.69, 9.17) is 4.98 Å².